The fourth-order valence-electron chi connectivity index (χ4n) is 3.28. The Labute approximate surface area is 203 Å². The van der Waals surface area contributed by atoms with E-state index in [-0.39, 0.29) is 28.5 Å². The van der Waals surface area contributed by atoms with Crippen LogP contribution >= 0.6 is 11.8 Å². The Kier molecular flexibility index (Phi) is 6.64. The Morgan fingerprint density at radius 1 is 1.09 bits per heavy atom. The molecule has 1 aliphatic heterocycles. The Balaban J connectivity index is 1.72. The minimum atomic E-state index is -4.58. The molecule has 180 valence electrons. The molecule has 1 aliphatic rings. The average Bonchev–Trinajstić information content (AvgIpc) is 3.09. The Morgan fingerprint density at radius 2 is 1.83 bits per heavy atom. The third kappa shape index (κ3) is 5.52. The van der Waals surface area contributed by atoms with Crippen LogP contribution in [0.15, 0.2) is 76.5 Å². The quantitative estimate of drug-likeness (QED) is 0.515. The highest BCUT2D eigenvalue weighted by atomic mass is 32.2. The summed E-state index contributed by atoms with van der Waals surface area (Å²) in [5, 5.41) is 9.34. The van der Waals surface area contributed by atoms with Crippen molar-refractivity contribution in [2.45, 2.75) is 22.6 Å². The number of nitrogens with zero attached hydrogens (tertiary/aromatic N) is 2. The second kappa shape index (κ2) is 9.52. The predicted octanol–water partition coefficient (Wildman–Crippen LogP) is 4.49. The SMILES string of the molecule is N#Cc1ccc(C(F)(F)F)cc1Sc1ccc(N2CC(=O)NS2(=O)=O)c(OCc2ccccc2)c1. The van der Waals surface area contributed by atoms with Crippen LogP contribution in [0.25, 0.3) is 0 Å². The number of hydrogen-bond acceptors (Lipinski definition) is 6. The first-order valence-corrected chi connectivity index (χ1v) is 12.3. The monoisotopic (exact) mass is 519 g/mol. The molecule has 0 spiro atoms. The van der Waals surface area contributed by atoms with Crippen LogP contribution in [0.1, 0.15) is 16.7 Å². The van der Waals surface area contributed by atoms with E-state index in [1.54, 1.807) is 24.3 Å². The summed E-state index contributed by atoms with van der Waals surface area (Å²) in [6, 6.07) is 18.1. The largest absolute Gasteiger partial charge is 0.487 e. The highest BCUT2D eigenvalue weighted by molar-refractivity contribution is 7.99. The van der Waals surface area contributed by atoms with E-state index in [9.17, 15) is 31.6 Å². The van der Waals surface area contributed by atoms with E-state index >= 15 is 0 Å². The van der Waals surface area contributed by atoms with Crippen LogP contribution < -0.4 is 13.8 Å². The lowest BCUT2D eigenvalue weighted by Gasteiger charge is -2.20. The molecule has 0 atom stereocenters. The van der Waals surface area contributed by atoms with Gasteiger partial charge in [-0.15, -0.1) is 0 Å². The van der Waals surface area contributed by atoms with Gasteiger partial charge in [0.25, 0.3) is 5.91 Å². The number of amides is 1. The molecule has 0 unspecified atom stereocenters. The molecule has 1 fully saturated rings. The number of carbonyl (C=O) groups excluding carboxylic acids is 1. The van der Waals surface area contributed by atoms with Gasteiger partial charge in [0.15, 0.2) is 0 Å². The van der Waals surface area contributed by atoms with Crippen molar-refractivity contribution in [3.8, 4) is 11.8 Å². The molecule has 3 aromatic carbocycles. The zero-order valence-corrected chi connectivity index (χ0v) is 19.4. The third-order valence-corrected chi connectivity index (χ3v) is 7.35. The molecule has 1 heterocycles. The number of nitriles is 1. The summed E-state index contributed by atoms with van der Waals surface area (Å²) in [7, 11) is -4.12. The van der Waals surface area contributed by atoms with Gasteiger partial charge in [-0.3, -0.25) is 4.79 Å². The van der Waals surface area contributed by atoms with Gasteiger partial charge >= 0.3 is 16.4 Å². The van der Waals surface area contributed by atoms with Gasteiger partial charge in [-0.2, -0.15) is 26.9 Å². The van der Waals surface area contributed by atoms with Crippen molar-refractivity contribution in [2.24, 2.45) is 0 Å². The number of alkyl halides is 3. The second-order valence-corrected chi connectivity index (χ2v) is 10.1. The van der Waals surface area contributed by atoms with Gasteiger partial charge in [-0.1, -0.05) is 42.1 Å². The first kappa shape index (κ1) is 24.4. The van der Waals surface area contributed by atoms with E-state index in [0.29, 0.717) is 4.90 Å². The molecular weight excluding hydrogens is 503 g/mol. The summed E-state index contributed by atoms with van der Waals surface area (Å²) in [6.45, 7) is -0.368. The molecule has 35 heavy (non-hydrogen) atoms. The Hall–Kier alpha value is -3.69. The normalized spacial score (nSPS) is 14.9. The first-order chi connectivity index (χ1) is 16.6. The van der Waals surface area contributed by atoms with E-state index in [4.69, 9.17) is 4.74 Å². The van der Waals surface area contributed by atoms with Gasteiger partial charge in [0.1, 0.15) is 25.0 Å². The number of anilines is 1. The fraction of sp³-hybridized carbons (Fsp3) is 0.130. The van der Waals surface area contributed by atoms with Crippen molar-refractivity contribution in [3.63, 3.8) is 0 Å². The zero-order chi connectivity index (χ0) is 25.2. The fourth-order valence-corrected chi connectivity index (χ4v) is 5.40. The lowest BCUT2D eigenvalue weighted by molar-refractivity contribution is -0.137. The van der Waals surface area contributed by atoms with E-state index in [1.807, 2.05) is 16.9 Å². The van der Waals surface area contributed by atoms with E-state index in [1.165, 1.54) is 18.2 Å². The molecule has 0 radical (unpaired) electrons. The molecule has 1 N–H and O–H groups in total. The number of hydrogen-bond donors (Lipinski definition) is 1. The maximum atomic E-state index is 13.2. The summed E-state index contributed by atoms with van der Waals surface area (Å²) in [4.78, 5) is 12.2. The molecule has 0 aliphatic carbocycles. The second-order valence-electron chi connectivity index (χ2n) is 7.36. The van der Waals surface area contributed by atoms with E-state index in [2.05, 4.69) is 0 Å². The lowest BCUT2D eigenvalue weighted by Crippen LogP contribution is -2.29. The van der Waals surface area contributed by atoms with Crippen LogP contribution in [-0.4, -0.2) is 20.9 Å². The molecule has 0 bridgehead atoms. The van der Waals surface area contributed by atoms with Crippen LogP contribution in [0.5, 0.6) is 5.75 Å². The van der Waals surface area contributed by atoms with Crippen molar-refractivity contribution in [2.75, 3.05) is 10.8 Å². The summed E-state index contributed by atoms with van der Waals surface area (Å²) < 4.78 is 72.9. The smallest absolute Gasteiger partial charge is 0.416 e. The molecule has 4 rings (SSSR count). The topological polar surface area (TPSA) is 99.5 Å². The molecule has 0 saturated carbocycles. The van der Waals surface area contributed by atoms with Gasteiger partial charge in [-0.25, -0.2) is 9.03 Å². The van der Waals surface area contributed by atoms with Crippen molar-refractivity contribution in [3.05, 3.63) is 83.4 Å². The lowest BCUT2D eigenvalue weighted by atomic mass is 10.1. The molecule has 0 aromatic heterocycles. The van der Waals surface area contributed by atoms with Crippen LogP contribution in [0.3, 0.4) is 0 Å². The molecule has 3 aromatic rings. The van der Waals surface area contributed by atoms with Crippen molar-refractivity contribution < 1.29 is 31.1 Å². The number of ether oxygens (including phenoxy) is 1. The standard InChI is InChI=1S/C23H16F3N3O4S2/c24-23(25,26)17-7-6-16(12-27)21(10-17)34-18-8-9-19(29-13-22(30)28-35(29,31)32)20(11-18)33-14-15-4-2-1-3-5-15/h1-11H,13-14H2,(H,28,30). The summed E-state index contributed by atoms with van der Waals surface area (Å²) in [5.74, 6) is -0.607. The van der Waals surface area contributed by atoms with E-state index in [0.717, 1.165) is 39.8 Å². The average molecular weight is 520 g/mol. The zero-order valence-electron chi connectivity index (χ0n) is 17.7. The minimum absolute atomic E-state index is 0.0516. The number of halogens is 3. The molecule has 7 nitrogen and oxygen atoms in total. The van der Waals surface area contributed by atoms with Crippen LogP contribution in [0.4, 0.5) is 18.9 Å². The van der Waals surface area contributed by atoms with Crippen LogP contribution in [0.2, 0.25) is 0 Å². The van der Waals surface area contributed by atoms with Gasteiger partial charge in [0, 0.05) is 9.79 Å². The Bertz CT molecular complexity index is 1420. The van der Waals surface area contributed by atoms with Gasteiger partial charge in [0.2, 0.25) is 0 Å². The number of nitrogens with one attached hydrogen (secondary N) is 1. The van der Waals surface area contributed by atoms with E-state index < -0.39 is 34.4 Å². The minimum Gasteiger partial charge on any atom is -0.487 e. The number of benzene rings is 3. The van der Waals surface area contributed by atoms with Crippen molar-refractivity contribution in [1.29, 1.82) is 5.26 Å². The maximum Gasteiger partial charge on any atom is 0.416 e. The highest BCUT2D eigenvalue weighted by Gasteiger charge is 2.36. The number of rotatable bonds is 6. The third-order valence-electron chi connectivity index (χ3n) is 4.91. The molecular formula is C23H16F3N3O4S2. The summed E-state index contributed by atoms with van der Waals surface area (Å²) >= 11 is 0.904. The van der Waals surface area contributed by atoms with Crippen molar-refractivity contribution in [1.82, 2.24) is 4.72 Å². The van der Waals surface area contributed by atoms with Crippen LogP contribution in [-0.2, 0) is 27.8 Å². The summed E-state index contributed by atoms with van der Waals surface area (Å²) in [6.07, 6.45) is -4.58. The molecule has 1 amide bonds. The van der Waals surface area contributed by atoms with Crippen LogP contribution in [0, 0.1) is 11.3 Å². The molecule has 1 saturated heterocycles. The van der Waals surface area contributed by atoms with Gasteiger partial charge < -0.3 is 4.74 Å². The molecule has 12 heteroatoms. The Morgan fingerprint density at radius 3 is 2.46 bits per heavy atom. The first-order valence-electron chi connectivity index (χ1n) is 10.00. The van der Waals surface area contributed by atoms with Gasteiger partial charge in [0.05, 0.1) is 16.8 Å². The van der Waals surface area contributed by atoms with Gasteiger partial charge in [-0.05, 0) is 42.0 Å². The summed E-state index contributed by atoms with van der Waals surface area (Å²) in [5.41, 5.74) is 0.0347. The maximum absolute atomic E-state index is 13.2. The van der Waals surface area contributed by atoms with Crippen molar-refractivity contribution >= 4 is 33.6 Å². The highest BCUT2D eigenvalue weighted by Crippen LogP contribution is 2.40. The number of carbonyl (C=O) groups is 1. The predicted molar refractivity (Wildman–Crippen MR) is 122 cm³/mol.